The van der Waals surface area contributed by atoms with Crippen molar-refractivity contribution < 1.29 is 14.6 Å². The zero-order valence-electron chi connectivity index (χ0n) is 16.8. The first-order valence-corrected chi connectivity index (χ1v) is 10.1. The lowest BCUT2D eigenvalue weighted by Gasteiger charge is -2.27. The second kappa shape index (κ2) is 6.30. The third kappa shape index (κ3) is 2.51. The van der Waals surface area contributed by atoms with Crippen LogP contribution < -0.4 is 0 Å². The predicted octanol–water partition coefficient (Wildman–Crippen LogP) is 4.52. The van der Waals surface area contributed by atoms with E-state index in [0.717, 1.165) is 34.2 Å². The molecule has 2 aliphatic heterocycles. The molecule has 0 amide bonds. The van der Waals surface area contributed by atoms with Crippen LogP contribution in [0.5, 0.6) is 0 Å². The van der Waals surface area contributed by atoms with E-state index < -0.39 is 0 Å². The molecule has 5 rings (SSSR count). The zero-order chi connectivity index (χ0) is 20.4. The molecule has 5 atom stereocenters. The van der Waals surface area contributed by atoms with Gasteiger partial charge in [-0.2, -0.15) is 5.26 Å². The van der Waals surface area contributed by atoms with Crippen molar-refractivity contribution in [3.8, 4) is 6.07 Å². The lowest BCUT2D eigenvalue weighted by atomic mass is 9.72. The number of carbonyl (C=O) groups is 1. The molecule has 0 radical (unpaired) electrons. The number of nitrogens with zero attached hydrogens (tertiary/aromatic N) is 1. The van der Waals surface area contributed by atoms with E-state index in [4.69, 9.17) is 10.00 Å². The maximum Gasteiger partial charge on any atom is 0.173 e. The molecular weight excluding hydrogens is 362 g/mol. The minimum absolute atomic E-state index is 0.0216. The molecule has 2 aromatic carbocycles. The number of hydrogen-bond donors (Lipinski definition) is 1. The summed E-state index contributed by atoms with van der Waals surface area (Å²) in [6, 6.07) is 13.8. The molecule has 146 valence electrons. The molecule has 1 aliphatic carbocycles. The van der Waals surface area contributed by atoms with Crippen LogP contribution in [0, 0.1) is 43.9 Å². The summed E-state index contributed by atoms with van der Waals surface area (Å²) >= 11 is 0. The van der Waals surface area contributed by atoms with E-state index in [9.17, 15) is 9.90 Å². The number of hydrogen-bond acceptors (Lipinski definition) is 4. The minimum atomic E-state index is -0.287. The molecule has 29 heavy (non-hydrogen) atoms. The summed E-state index contributed by atoms with van der Waals surface area (Å²) < 4.78 is 6.19. The standard InChI is InChI=1S/C25H23NO3/c1-12-8-13(2)19(14(3)9-12)21-23(27)20-18-10-17(25(29-18)22(20)24(21)28)16-6-4-15(11-26)5-7-16/h4-9,17-18,20,22,25,28H,10H2,1-3H3/t17?,18?,20-,22+,25?/m0/s1. The fourth-order valence-corrected chi connectivity index (χ4v) is 5.81. The van der Waals surface area contributed by atoms with Gasteiger partial charge in [0.1, 0.15) is 5.76 Å². The number of allylic oxidation sites excluding steroid dienone is 1. The Morgan fingerprint density at radius 2 is 1.72 bits per heavy atom. The number of aliphatic hydroxyl groups is 1. The Labute approximate surface area is 170 Å². The Morgan fingerprint density at radius 3 is 2.34 bits per heavy atom. The van der Waals surface area contributed by atoms with Gasteiger partial charge in [-0.1, -0.05) is 29.8 Å². The molecule has 3 unspecified atom stereocenters. The zero-order valence-corrected chi connectivity index (χ0v) is 16.8. The largest absolute Gasteiger partial charge is 0.511 e. The normalized spacial score (nSPS) is 30.0. The number of benzene rings is 2. The number of nitriles is 1. The molecule has 2 heterocycles. The van der Waals surface area contributed by atoms with Crippen LogP contribution in [0.4, 0.5) is 0 Å². The molecule has 2 saturated heterocycles. The van der Waals surface area contributed by atoms with Crippen molar-refractivity contribution in [2.24, 2.45) is 11.8 Å². The van der Waals surface area contributed by atoms with Gasteiger partial charge in [0.2, 0.25) is 0 Å². The minimum Gasteiger partial charge on any atom is -0.511 e. The second-order valence-corrected chi connectivity index (χ2v) is 8.66. The highest BCUT2D eigenvalue weighted by atomic mass is 16.5. The Morgan fingerprint density at radius 1 is 1.07 bits per heavy atom. The van der Waals surface area contributed by atoms with Crippen LogP contribution in [-0.2, 0) is 9.53 Å². The van der Waals surface area contributed by atoms with Gasteiger partial charge in [-0.3, -0.25) is 4.79 Å². The van der Waals surface area contributed by atoms with Crippen LogP contribution in [-0.4, -0.2) is 23.1 Å². The van der Waals surface area contributed by atoms with E-state index in [1.165, 1.54) is 0 Å². The highest BCUT2D eigenvalue weighted by Crippen LogP contribution is 2.58. The smallest absolute Gasteiger partial charge is 0.173 e. The lowest BCUT2D eigenvalue weighted by Crippen LogP contribution is -2.33. The van der Waals surface area contributed by atoms with E-state index >= 15 is 0 Å². The molecular formula is C25H23NO3. The van der Waals surface area contributed by atoms with Crippen molar-refractivity contribution in [2.75, 3.05) is 0 Å². The quantitative estimate of drug-likeness (QED) is 0.825. The summed E-state index contributed by atoms with van der Waals surface area (Å²) in [6.07, 6.45) is 0.407. The number of ether oxygens (including phenoxy) is 1. The molecule has 4 heteroatoms. The van der Waals surface area contributed by atoms with E-state index in [2.05, 4.69) is 18.2 Å². The van der Waals surface area contributed by atoms with Crippen LogP contribution in [0.25, 0.3) is 5.57 Å². The van der Waals surface area contributed by atoms with Crippen LogP contribution in [0.1, 0.15) is 45.7 Å². The molecule has 2 aromatic rings. The van der Waals surface area contributed by atoms with Gasteiger partial charge >= 0.3 is 0 Å². The summed E-state index contributed by atoms with van der Waals surface area (Å²) in [5.74, 6) is -0.223. The van der Waals surface area contributed by atoms with Crippen molar-refractivity contribution in [2.45, 2.75) is 45.3 Å². The van der Waals surface area contributed by atoms with Gasteiger partial charge in [0.25, 0.3) is 0 Å². The van der Waals surface area contributed by atoms with Crippen LogP contribution in [0.3, 0.4) is 0 Å². The maximum atomic E-state index is 13.4. The number of fused-ring (bicyclic) bond motifs is 5. The topological polar surface area (TPSA) is 70.3 Å². The monoisotopic (exact) mass is 385 g/mol. The van der Waals surface area contributed by atoms with Gasteiger partial charge in [-0.05, 0) is 61.6 Å². The highest BCUT2D eigenvalue weighted by molar-refractivity contribution is 6.26. The van der Waals surface area contributed by atoms with E-state index in [1.54, 1.807) is 0 Å². The molecule has 2 fully saturated rings. The van der Waals surface area contributed by atoms with Gasteiger partial charge in [0, 0.05) is 5.92 Å². The Hall–Kier alpha value is -2.90. The van der Waals surface area contributed by atoms with E-state index in [-0.39, 0.29) is 41.5 Å². The number of aryl methyl sites for hydroxylation is 3. The van der Waals surface area contributed by atoms with Gasteiger partial charge in [0.05, 0.1) is 41.2 Å². The summed E-state index contributed by atoms with van der Waals surface area (Å²) in [5, 5.41) is 20.2. The van der Waals surface area contributed by atoms with Gasteiger partial charge in [-0.25, -0.2) is 0 Å². The molecule has 0 aromatic heterocycles. The third-order valence-electron chi connectivity index (χ3n) is 6.87. The first-order valence-electron chi connectivity index (χ1n) is 10.1. The Bertz CT molecular complexity index is 1080. The number of ketones is 1. The molecule has 0 saturated carbocycles. The van der Waals surface area contributed by atoms with Crippen molar-refractivity contribution in [1.82, 2.24) is 0 Å². The Kier molecular flexibility index (Phi) is 3.94. The lowest BCUT2D eigenvalue weighted by molar-refractivity contribution is -0.118. The molecule has 3 aliphatic rings. The molecule has 0 spiro atoms. The molecule has 1 N–H and O–H groups in total. The number of rotatable bonds is 2. The van der Waals surface area contributed by atoms with Crippen LogP contribution in [0.2, 0.25) is 0 Å². The van der Waals surface area contributed by atoms with Crippen molar-refractivity contribution in [3.05, 3.63) is 75.5 Å². The maximum absolute atomic E-state index is 13.4. The first-order chi connectivity index (χ1) is 13.9. The second-order valence-electron chi connectivity index (χ2n) is 8.66. The summed E-state index contributed by atoms with van der Waals surface area (Å²) in [7, 11) is 0. The van der Waals surface area contributed by atoms with Crippen molar-refractivity contribution in [1.29, 1.82) is 5.26 Å². The molecule has 4 nitrogen and oxygen atoms in total. The van der Waals surface area contributed by atoms with Gasteiger partial charge in [-0.15, -0.1) is 0 Å². The third-order valence-corrected chi connectivity index (χ3v) is 6.87. The molecule has 2 bridgehead atoms. The average Bonchev–Trinajstić information content (AvgIpc) is 3.34. The number of carbonyl (C=O) groups excluding carboxylic acids is 1. The van der Waals surface area contributed by atoms with Crippen LogP contribution in [0.15, 0.2) is 42.2 Å². The first kappa shape index (κ1) is 18.1. The fraction of sp³-hybridized carbons (Fsp3) is 0.360. The highest BCUT2D eigenvalue weighted by Gasteiger charge is 2.62. The number of aliphatic hydroxyl groups excluding tert-OH is 1. The van der Waals surface area contributed by atoms with E-state index in [1.807, 2.05) is 45.0 Å². The Balaban J connectivity index is 1.55. The van der Waals surface area contributed by atoms with Crippen LogP contribution >= 0.6 is 0 Å². The van der Waals surface area contributed by atoms with Gasteiger partial charge in [0.15, 0.2) is 5.78 Å². The van der Waals surface area contributed by atoms with E-state index in [0.29, 0.717) is 11.1 Å². The summed E-state index contributed by atoms with van der Waals surface area (Å²) in [4.78, 5) is 13.4. The predicted molar refractivity (Wildman–Crippen MR) is 109 cm³/mol. The summed E-state index contributed by atoms with van der Waals surface area (Å²) in [5.41, 5.74) is 6.30. The van der Waals surface area contributed by atoms with Gasteiger partial charge < -0.3 is 9.84 Å². The SMILES string of the molecule is Cc1cc(C)c(C2=C(O)[C@@H]3C4OC(CC4c4ccc(C#N)cc4)[C@@H]3C2=O)c(C)c1. The average molecular weight is 385 g/mol. The fourth-order valence-electron chi connectivity index (χ4n) is 5.81. The number of Topliss-reactive ketones (excluding diaryl/α,β-unsaturated/α-hetero) is 1. The van der Waals surface area contributed by atoms with Crippen molar-refractivity contribution >= 4 is 11.4 Å². The summed E-state index contributed by atoms with van der Waals surface area (Å²) in [6.45, 7) is 6.04. The van der Waals surface area contributed by atoms with Crippen molar-refractivity contribution in [3.63, 3.8) is 0 Å².